The van der Waals surface area contributed by atoms with E-state index in [2.05, 4.69) is 4.40 Å². The molecule has 0 aliphatic heterocycles. The van der Waals surface area contributed by atoms with E-state index in [1.165, 1.54) is 18.2 Å². The van der Waals surface area contributed by atoms with Crippen LogP contribution in [0.15, 0.2) is 82.1 Å². The number of benzene rings is 3. The van der Waals surface area contributed by atoms with Gasteiger partial charge in [0.05, 0.1) is 28.0 Å². The van der Waals surface area contributed by atoms with E-state index in [1.807, 2.05) is 16.7 Å². The Morgan fingerprint density at radius 3 is 2.11 bits per heavy atom. The predicted molar refractivity (Wildman–Crippen MR) is 122 cm³/mol. The summed E-state index contributed by atoms with van der Waals surface area (Å²) < 4.78 is 87.3. The molecular weight excluding hydrogens is 482 g/mol. The molecule has 35 heavy (non-hydrogen) atoms. The molecule has 0 bridgehead atoms. The van der Waals surface area contributed by atoms with Gasteiger partial charge in [0.1, 0.15) is 5.82 Å². The molecular formula is C25H21F4N3O2S. The fraction of sp³-hybridized carbons (Fsp3) is 0.240. The molecule has 10 heteroatoms. The average Bonchev–Trinajstić information content (AvgIpc) is 3.60. The topological polar surface area (TPSA) is 56.4 Å². The van der Waals surface area contributed by atoms with Crippen molar-refractivity contribution in [2.24, 2.45) is 10.3 Å². The minimum atomic E-state index is -4.81. The summed E-state index contributed by atoms with van der Waals surface area (Å²) in [6.45, 7) is 0.494. The Balaban J connectivity index is 1.71. The molecule has 0 saturated heterocycles. The first-order chi connectivity index (χ1) is 16.6. The lowest BCUT2D eigenvalue weighted by Crippen LogP contribution is -2.29. The molecule has 0 spiro atoms. The van der Waals surface area contributed by atoms with Crippen LogP contribution in [0.3, 0.4) is 0 Å². The third-order valence-corrected chi connectivity index (χ3v) is 7.28. The number of aromatic nitrogens is 2. The second-order valence-corrected chi connectivity index (χ2v) is 10.2. The van der Waals surface area contributed by atoms with Gasteiger partial charge in [-0.05, 0) is 60.7 Å². The molecule has 0 N–H and O–H groups in total. The Kier molecular flexibility index (Phi) is 5.79. The standard InChI is InChI=1S/C25H21F4N3O2S/c26-21-14-18(12-13-20(21)25(27,28)29)16-32-23-9-5-4-8-22(23)31(15-17-10-11-17)24(32)30-35(33,34)19-6-2-1-3-7-19/h1-9,12-14,17H,10-11,15-16H2/b30-24-. The van der Waals surface area contributed by atoms with Crippen molar-refractivity contribution in [3.8, 4) is 0 Å². The Morgan fingerprint density at radius 2 is 1.51 bits per heavy atom. The van der Waals surface area contributed by atoms with Crippen molar-refractivity contribution in [1.82, 2.24) is 9.13 Å². The molecule has 5 nitrogen and oxygen atoms in total. The second kappa shape index (κ2) is 8.67. The van der Waals surface area contributed by atoms with Gasteiger partial charge in [0, 0.05) is 6.54 Å². The summed E-state index contributed by atoms with van der Waals surface area (Å²) in [6, 6.07) is 17.7. The number of alkyl halides is 3. The van der Waals surface area contributed by atoms with Crippen LogP contribution < -0.4 is 5.62 Å². The van der Waals surface area contributed by atoms with Gasteiger partial charge in [-0.1, -0.05) is 36.4 Å². The maximum absolute atomic E-state index is 14.3. The van der Waals surface area contributed by atoms with Crippen LogP contribution in [0.5, 0.6) is 0 Å². The number of halogens is 4. The third-order valence-electron chi connectivity index (χ3n) is 6.01. The summed E-state index contributed by atoms with van der Waals surface area (Å²) in [5, 5.41) is 0. The van der Waals surface area contributed by atoms with Gasteiger partial charge < -0.3 is 9.13 Å². The van der Waals surface area contributed by atoms with Crippen molar-refractivity contribution in [1.29, 1.82) is 0 Å². The van der Waals surface area contributed by atoms with Crippen LogP contribution in [-0.2, 0) is 29.3 Å². The zero-order chi connectivity index (χ0) is 24.8. The van der Waals surface area contributed by atoms with E-state index in [0.717, 1.165) is 24.4 Å². The van der Waals surface area contributed by atoms with E-state index < -0.39 is 27.6 Å². The fourth-order valence-corrected chi connectivity index (χ4v) is 5.12. The fourth-order valence-electron chi connectivity index (χ4n) is 4.10. The third kappa shape index (κ3) is 4.75. The summed E-state index contributed by atoms with van der Waals surface area (Å²) in [5.74, 6) is -0.996. The smallest absolute Gasteiger partial charge is 0.309 e. The molecule has 0 unspecified atom stereocenters. The van der Waals surface area contributed by atoms with Crippen molar-refractivity contribution in [2.75, 3.05) is 0 Å². The number of fused-ring (bicyclic) bond motifs is 1. The van der Waals surface area contributed by atoms with E-state index >= 15 is 0 Å². The summed E-state index contributed by atoms with van der Waals surface area (Å²) in [6.07, 6.45) is -2.77. The van der Waals surface area contributed by atoms with Gasteiger partial charge in [0.25, 0.3) is 10.0 Å². The van der Waals surface area contributed by atoms with Crippen molar-refractivity contribution in [3.63, 3.8) is 0 Å². The van der Waals surface area contributed by atoms with Crippen molar-refractivity contribution >= 4 is 21.1 Å². The van der Waals surface area contributed by atoms with Gasteiger partial charge in [0.15, 0.2) is 0 Å². The number of hydrogen-bond acceptors (Lipinski definition) is 2. The summed E-state index contributed by atoms with van der Waals surface area (Å²) in [5.41, 5.74) is 0.439. The molecule has 1 fully saturated rings. The van der Waals surface area contributed by atoms with Crippen molar-refractivity contribution < 1.29 is 26.0 Å². The van der Waals surface area contributed by atoms with E-state index in [0.29, 0.717) is 24.0 Å². The molecule has 0 radical (unpaired) electrons. The van der Waals surface area contributed by atoms with Gasteiger partial charge in [-0.15, -0.1) is 4.40 Å². The first-order valence-corrected chi connectivity index (χ1v) is 12.5. The molecule has 182 valence electrons. The zero-order valence-electron chi connectivity index (χ0n) is 18.4. The minimum absolute atomic E-state index is 0.0235. The Bertz CT molecular complexity index is 1570. The van der Waals surface area contributed by atoms with Crippen LogP contribution >= 0.6 is 0 Å². The second-order valence-electron chi connectivity index (χ2n) is 8.62. The highest BCUT2D eigenvalue weighted by Gasteiger charge is 2.34. The van der Waals surface area contributed by atoms with Gasteiger partial charge in [-0.2, -0.15) is 21.6 Å². The number of sulfonamides is 1. The summed E-state index contributed by atoms with van der Waals surface area (Å²) in [4.78, 5) is 0.0235. The molecule has 0 amide bonds. The molecule has 4 aromatic rings. The molecule has 1 heterocycles. The molecule has 3 aromatic carbocycles. The largest absolute Gasteiger partial charge is 0.419 e. The minimum Gasteiger partial charge on any atom is -0.309 e. The van der Waals surface area contributed by atoms with Crippen LogP contribution in [0.4, 0.5) is 17.6 Å². The molecule has 1 aliphatic carbocycles. The molecule has 1 saturated carbocycles. The number of para-hydroxylation sites is 2. The van der Waals surface area contributed by atoms with Crippen LogP contribution in [-0.4, -0.2) is 17.6 Å². The van der Waals surface area contributed by atoms with Crippen molar-refractivity contribution in [3.05, 3.63) is 95.4 Å². The van der Waals surface area contributed by atoms with E-state index in [-0.39, 0.29) is 22.6 Å². The lowest BCUT2D eigenvalue weighted by atomic mass is 10.1. The molecule has 1 aromatic heterocycles. The highest BCUT2D eigenvalue weighted by molar-refractivity contribution is 7.90. The summed E-state index contributed by atoms with van der Waals surface area (Å²) >= 11 is 0. The van der Waals surface area contributed by atoms with Crippen LogP contribution in [0.1, 0.15) is 24.0 Å². The highest BCUT2D eigenvalue weighted by atomic mass is 32.2. The van der Waals surface area contributed by atoms with Gasteiger partial charge in [-0.25, -0.2) is 4.39 Å². The van der Waals surface area contributed by atoms with Gasteiger partial charge >= 0.3 is 6.18 Å². The van der Waals surface area contributed by atoms with Crippen LogP contribution in [0, 0.1) is 11.7 Å². The lowest BCUT2D eigenvalue weighted by Gasteiger charge is -2.11. The van der Waals surface area contributed by atoms with Gasteiger partial charge in [0.2, 0.25) is 5.62 Å². The normalized spacial score (nSPS) is 15.1. The predicted octanol–water partition coefficient (Wildman–Crippen LogP) is 5.35. The maximum atomic E-state index is 14.3. The monoisotopic (exact) mass is 503 g/mol. The molecule has 0 atom stereocenters. The number of rotatable bonds is 6. The number of nitrogens with zero attached hydrogens (tertiary/aromatic N) is 3. The van der Waals surface area contributed by atoms with E-state index in [1.54, 1.807) is 34.9 Å². The van der Waals surface area contributed by atoms with E-state index in [9.17, 15) is 26.0 Å². The summed E-state index contributed by atoms with van der Waals surface area (Å²) in [7, 11) is -4.09. The van der Waals surface area contributed by atoms with E-state index in [4.69, 9.17) is 0 Å². The van der Waals surface area contributed by atoms with Crippen molar-refractivity contribution in [2.45, 2.75) is 37.0 Å². The lowest BCUT2D eigenvalue weighted by molar-refractivity contribution is -0.140. The molecule has 1 aliphatic rings. The zero-order valence-corrected chi connectivity index (χ0v) is 19.2. The highest BCUT2D eigenvalue weighted by Crippen LogP contribution is 2.33. The number of hydrogen-bond donors (Lipinski definition) is 0. The Labute approximate surface area is 199 Å². The van der Waals surface area contributed by atoms with Crippen LogP contribution in [0.25, 0.3) is 11.0 Å². The first-order valence-electron chi connectivity index (χ1n) is 11.0. The Morgan fingerprint density at radius 1 is 0.886 bits per heavy atom. The van der Waals surface area contributed by atoms with Crippen LogP contribution in [0.2, 0.25) is 0 Å². The quantitative estimate of drug-likeness (QED) is 0.333. The average molecular weight is 504 g/mol. The van der Waals surface area contributed by atoms with Gasteiger partial charge in [-0.3, -0.25) is 0 Å². The Hall–Kier alpha value is -3.40. The number of imidazole rings is 1. The SMILES string of the molecule is O=S(=O)(/N=c1\n(Cc2ccc(C(F)(F)F)c(F)c2)c2ccccc2n1CC1CC1)c1ccccc1. The first kappa shape index (κ1) is 23.3. The maximum Gasteiger partial charge on any atom is 0.419 e. The molecule has 5 rings (SSSR count).